The van der Waals surface area contributed by atoms with Gasteiger partial charge < -0.3 is 19.3 Å². The molecule has 1 unspecified atom stereocenters. The minimum absolute atomic E-state index is 0.0960. The molecule has 1 N–H and O–H groups in total. The van der Waals surface area contributed by atoms with Crippen molar-refractivity contribution in [3.63, 3.8) is 0 Å². The third-order valence-electron chi connectivity index (χ3n) is 14.1. The van der Waals surface area contributed by atoms with Crippen molar-refractivity contribution in [2.75, 3.05) is 61.6 Å². The fraction of sp³-hybridized carbons (Fsp3) is 0.449. The first-order valence-electron chi connectivity index (χ1n) is 22.5. The molecule has 6 heterocycles. The van der Waals surface area contributed by atoms with E-state index < -0.39 is 29.2 Å². The first kappa shape index (κ1) is 44.5. The Labute approximate surface area is 388 Å². The number of aromatic nitrogens is 2. The Bertz CT molecular complexity index is 2530. The predicted octanol–water partition coefficient (Wildman–Crippen LogP) is 6.74. The molecule has 0 radical (unpaired) electrons. The fourth-order valence-electron chi connectivity index (χ4n) is 10.1. The fourth-order valence-corrected chi connectivity index (χ4v) is 10.5. The van der Waals surface area contributed by atoms with Crippen LogP contribution in [-0.4, -0.2) is 107 Å². The second-order valence-electron chi connectivity index (χ2n) is 18.2. The van der Waals surface area contributed by atoms with Crippen molar-refractivity contribution in [2.45, 2.75) is 76.5 Å². The van der Waals surface area contributed by atoms with Gasteiger partial charge in [-0.2, -0.15) is 5.26 Å². The molecule has 65 heavy (non-hydrogen) atoms. The van der Waals surface area contributed by atoms with Crippen molar-refractivity contribution in [1.29, 1.82) is 5.26 Å². The zero-order chi connectivity index (χ0) is 45.4. The largest absolute Gasteiger partial charge is 0.489 e. The van der Waals surface area contributed by atoms with Crippen LogP contribution in [0, 0.1) is 23.2 Å². The van der Waals surface area contributed by atoms with Crippen LogP contribution in [0.2, 0.25) is 5.02 Å². The highest BCUT2D eigenvalue weighted by atomic mass is 35.5. The van der Waals surface area contributed by atoms with Crippen molar-refractivity contribution in [3.8, 4) is 17.6 Å². The van der Waals surface area contributed by atoms with Gasteiger partial charge in [0.2, 0.25) is 17.8 Å². The second-order valence-corrected chi connectivity index (χ2v) is 19.0. The Morgan fingerprint density at radius 2 is 1.54 bits per heavy atom. The van der Waals surface area contributed by atoms with Gasteiger partial charge in [-0.25, -0.2) is 9.97 Å². The molecule has 0 bridgehead atoms. The lowest BCUT2D eigenvalue weighted by atomic mass is 9.77. The van der Waals surface area contributed by atoms with Gasteiger partial charge in [0, 0.05) is 55.9 Å². The highest BCUT2D eigenvalue weighted by Gasteiger charge is 2.45. The summed E-state index contributed by atoms with van der Waals surface area (Å²) in [5.74, 6) is 1.55. The molecule has 1 aromatic heterocycles. The number of fused-ring (bicyclic) bond motifs is 1. The summed E-state index contributed by atoms with van der Waals surface area (Å²) in [4.78, 5) is 68.3. The minimum atomic E-state index is -0.967. The molecule has 4 aromatic rings. The van der Waals surface area contributed by atoms with Crippen LogP contribution in [0.1, 0.15) is 95.5 Å². The van der Waals surface area contributed by atoms with Gasteiger partial charge in [0.25, 0.3) is 11.8 Å². The van der Waals surface area contributed by atoms with Crippen molar-refractivity contribution in [3.05, 3.63) is 105 Å². The summed E-state index contributed by atoms with van der Waals surface area (Å²) in [6, 6.07) is 20.6. The average molecular weight is 920 g/mol. The third-order valence-corrected chi connectivity index (χ3v) is 14.5. The van der Waals surface area contributed by atoms with E-state index in [0.29, 0.717) is 57.8 Å². The Balaban J connectivity index is 0.718. The number of hydrogen-bond acceptors (Lipinski definition) is 12. The molecule has 3 aromatic carbocycles. The van der Waals surface area contributed by atoms with Crippen molar-refractivity contribution in [1.82, 2.24) is 25.1 Å². The number of likely N-dealkylation sites (tertiary alicyclic amines) is 1. The molecular formula is C49H52Cl2N8O6. The normalized spacial score (nSPS) is 20.1. The number of nitriles is 1. The van der Waals surface area contributed by atoms with Gasteiger partial charge in [-0.1, -0.05) is 37.6 Å². The van der Waals surface area contributed by atoms with E-state index in [1.807, 2.05) is 54.7 Å². The number of benzene rings is 3. The lowest BCUT2D eigenvalue weighted by Gasteiger charge is -2.49. The van der Waals surface area contributed by atoms with Crippen LogP contribution in [0.3, 0.4) is 0 Å². The van der Waals surface area contributed by atoms with E-state index in [0.717, 1.165) is 91.2 Å². The highest BCUT2D eigenvalue weighted by Crippen LogP contribution is 2.40. The molecule has 5 aliphatic heterocycles. The van der Waals surface area contributed by atoms with Crippen LogP contribution in [0.15, 0.2) is 66.9 Å². The minimum Gasteiger partial charge on any atom is -0.489 e. The molecule has 5 aliphatic rings. The molecule has 0 spiro atoms. The molecule has 16 heteroatoms. The number of amides is 4. The average Bonchev–Trinajstić information content (AvgIpc) is 3.55. The standard InChI is InChI=1S/C49H52Cl2N8O6/c1-49(2,34-23-32(26-52)44(41(51)24-34)64-22-16-50)33-3-6-38(7-4-33)65-29-35-11-17-53-48(54-35)57-20-14-31(15-21-57)30-12-18-56(19-13-30)37-27-58(28-37)36-5-8-39-40(25-36)47(63)59(46(39)62)42-9-10-43(60)55-45(42)61/h3-8,11,17,23-25,30-31,37,42H,9-10,12-16,18-22,27-29H2,1-2H3,(H,55,60,61). The van der Waals surface area contributed by atoms with E-state index in [4.69, 9.17) is 37.7 Å². The number of rotatable bonds is 13. The number of carbonyl (C=O) groups is 4. The van der Waals surface area contributed by atoms with Gasteiger partial charge in [0.1, 0.15) is 31.1 Å². The van der Waals surface area contributed by atoms with E-state index in [9.17, 15) is 24.4 Å². The molecule has 4 fully saturated rings. The molecule has 14 nitrogen and oxygen atoms in total. The van der Waals surface area contributed by atoms with Crippen LogP contribution < -0.4 is 24.6 Å². The Hall–Kier alpha value is -5.75. The number of halogens is 2. The molecule has 0 aliphatic carbocycles. The van der Waals surface area contributed by atoms with Crippen molar-refractivity contribution in [2.24, 2.45) is 11.8 Å². The lowest BCUT2D eigenvalue weighted by Crippen LogP contribution is -2.61. The molecular weight excluding hydrogens is 867 g/mol. The van der Waals surface area contributed by atoms with Crippen LogP contribution in [-0.2, 0) is 21.6 Å². The number of alkyl halides is 1. The number of hydrogen-bond donors (Lipinski definition) is 1. The summed E-state index contributed by atoms with van der Waals surface area (Å²) < 4.78 is 11.8. The first-order valence-corrected chi connectivity index (χ1v) is 23.4. The van der Waals surface area contributed by atoms with E-state index in [1.54, 1.807) is 12.1 Å². The van der Waals surface area contributed by atoms with Crippen LogP contribution in [0.25, 0.3) is 0 Å². The molecule has 9 rings (SSSR count). The maximum atomic E-state index is 13.3. The topological polar surface area (TPSA) is 161 Å². The quantitative estimate of drug-likeness (QED) is 0.111. The van der Waals surface area contributed by atoms with Crippen molar-refractivity contribution >= 4 is 58.5 Å². The summed E-state index contributed by atoms with van der Waals surface area (Å²) >= 11 is 12.3. The van der Waals surface area contributed by atoms with Gasteiger partial charge >= 0.3 is 0 Å². The van der Waals surface area contributed by atoms with Gasteiger partial charge in [0.05, 0.1) is 33.3 Å². The maximum absolute atomic E-state index is 13.3. The van der Waals surface area contributed by atoms with Gasteiger partial charge in [-0.05, 0) is 117 Å². The second kappa shape index (κ2) is 18.6. The summed E-state index contributed by atoms with van der Waals surface area (Å²) in [5.41, 5.74) is 4.20. The third kappa shape index (κ3) is 8.98. The number of anilines is 2. The smallest absolute Gasteiger partial charge is 0.262 e. The number of carbonyl (C=O) groups excluding carboxylic acids is 4. The summed E-state index contributed by atoms with van der Waals surface area (Å²) in [5, 5.41) is 12.4. The number of nitrogens with zero attached hydrogens (tertiary/aromatic N) is 7. The number of nitrogens with one attached hydrogen (secondary N) is 1. The summed E-state index contributed by atoms with van der Waals surface area (Å²) in [7, 11) is 0. The lowest BCUT2D eigenvalue weighted by molar-refractivity contribution is -0.136. The summed E-state index contributed by atoms with van der Waals surface area (Å²) in [6.45, 7) is 10.5. The first-order chi connectivity index (χ1) is 31.4. The van der Waals surface area contributed by atoms with Gasteiger partial charge in [-0.3, -0.25) is 34.3 Å². The van der Waals surface area contributed by atoms with E-state index in [1.165, 1.54) is 12.8 Å². The zero-order valence-corrected chi connectivity index (χ0v) is 38.1. The van der Waals surface area contributed by atoms with Crippen LogP contribution in [0.5, 0.6) is 11.5 Å². The summed E-state index contributed by atoms with van der Waals surface area (Å²) in [6.07, 6.45) is 6.65. The Kier molecular flexibility index (Phi) is 12.7. The van der Waals surface area contributed by atoms with Gasteiger partial charge in [0.15, 0.2) is 5.75 Å². The maximum Gasteiger partial charge on any atom is 0.262 e. The van der Waals surface area contributed by atoms with Crippen LogP contribution in [0.4, 0.5) is 11.6 Å². The van der Waals surface area contributed by atoms with Crippen LogP contribution >= 0.6 is 23.2 Å². The number of ether oxygens (including phenoxy) is 2. The number of imide groups is 2. The highest BCUT2D eigenvalue weighted by molar-refractivity contribution is 6.32. The molecule has 4 saturated heterocycles. The van der Waals surface area contributed by atoms with Gasteiger partial charge in [-0.15, -0.1) is 11.6 Å². The SMILES string of the molecule is CC(C)(c1ccc(OCc2ccnc(N3CCC(C4CCN(C5CN(c6ccc7c(c6)C(=O)N(C6CCC(=O)NC6=O)C7=O)C5)CC4)CC3)n2)cc1)c1cc(Cl)c(OCCCl)c(C#N)c1. The molecule has 4 amide bonds. The monoisotopic (exact) mass is 918 g/mol. The molecule has 0 saturated carbocycles. The van der Waals surface area contributed by atoms with Crippen molar-refractivity contribution < 1.29 is 28.7 Å². The molecule has 338 valence electrons. The number of piperidine rings is 3. The van der Waals surface area contributed by atoms with E-state index >= 15 is 0 Å². The predicted molar refractivity (Wildman–Crippen MR) is 246 cm³/mol. The van der Waals surface area contributed by atoms with E-state index in [-0.39, 0.29) is 25.4 Å². The Morgan fingerprint density at radius 1 is 0.831 bits per heavy atom. The van der Waals surface area contributed by atoms with E-state index in [2.05, 4.69) is 44.9 Å². The zero-order valence-electron chi connectivity index (χ0n) is 36.6. The molecule has 1 atom stereocenters. The Morgan fingerprint density at radius 3 is 2.23 bits per heavy atom.